The van der Waals surface area contributed by atoms with Crippen LogP contribution in [0.3, 0.4) is 0 Å². The Hall–Kier alpha value is -1.10. The van der Waals surface area contributed by atoms with Crippen LogP contribution in [-0.4, -0.2) is 19.8 Å². The van der Waals surface area contributed by atoms with Gasteiger partial charge in [0.05, 0.1) is 19.3 Å². The zero-order chi connectivity index (χ0) is 13.4. The van der Waals surface area contributed by atoms with Crippen molar-refractivity contribution in [3.8, 4) is 5.75 Å². The molecule has 2 atom stereocenters. The number of nitrogens with two attached hydrogens (primary N) is 1. The molecule has 1 rings (SSSR count). The van der Waals surface area contributed by atoms with Gasteiger partial charge in [-0.15, -0.1) is 0 Å². The number of benzene rings is 1. The van der Waals surface area contributed by atoms with Crippen molar-refractivity contribution in [1.82, 2.24) is 5.43 Å². The highest BCUT2D eigenvalue weighted by atomic mass is 16.5. The van der Waals surface area contributed by atoms with Crippen LogP contribution in [0.2, 0.25) is 0 Å². The minimum atomic E-state index is 0.0100. The Kier molecular flexibility index (Phi) is 6.72. The van der Waals surface area contributed by atoms with E-state index in [9.17, 15) is 0 Å². The maximum atomic E-state index is 5.77. The second kappa shape index (κ2) is 8.08. The summed E-state index contributed by atoms with van der Waals surface area (Å²) in [5, 5.41) is 0. The predicted molar refractivity (Wildman–Crippen MR) is 73.4 cm³/mol. The van der Waals surface area contributed by atoms with Crippen LogP contribution in [0, 0.1) is 0 Å². The molecule has 0 amide bonds. The Morgan fingerprint density at radius 2 is 1.89 bits per heavy atom. The van der Waals surface area contributed by atoms with Crippen molar-refractivity contribution in [3.63, 3.8) is 0 Å². The lowest BCUT2D eigenvalue weighted by molar-refractivity contribution is 0.0276. The summed E-state index contributed by atoms with van der Waals surface area (Å²) in [7, 11) is 1.66. The summed E-state index contributed by atoms with van der Waals surface area (Å²) in [6.45, 7) is 4.84. The smallest absolute Gasteiger partial charge is 0.118 e. The van der Waals surface area contributed by atoms with Crippen molar-refractivity contribution in [2.24, 2.45) is 5.84 Å². The zero-order valence-electron chi connectivity index (χ0n) is 11.5. The summed E-state index contributed by atoms with van der Waals surface area (Å²) < 4.78 is 10.9. The molecule has 1 aromatic rings. The molecule has 0 saturated heterocycles. The van der Waals surface area contributed by atoms with Gasteiger partial charge < -0.3 is 9.47 Å². The molecule has 102 valence electrons. The highest BCUT2D eigenvalue weighted by molar-refractivity contribution is 5.29. The Bertz CT molecular complexity index is 321. The molecule has 0 aliphatic carbocycles. The van der Waals surface area contributed by atoms with E-state index in [-0.39, 0.29) is 12.1 Å². The first kappa shape index (κ1) is 15.0. The monoisotopic (exact) mass is 252 g/mol. The van der Waals surface area contributed by atoms with Crippen LogP contribution >= 0.6 is 0 Å². The largest absolute Gasteiger partial charge is 0.497 e. The molecule has 4 heteroatoms. The van der Waals surface area contributed by atoms with Crippen molar-refractivity contribution in [2.45, 2.75) is 38.8 Å². The number of methoxy groups -OCH3 is 1. The highest BCUT2D eigenvalue weighted by Crippen LogP contribution is 2.24. The van der Waals surface area contributed by atoms with Crippen LogP contribution < -0.4 is 16.0 Å². The average molecular weight is 252 g/mol. The molecule has 3 N–H and O–H groups in total. The fraction of sp³-hybridized carbons (Fsp3) is 0.571. The molecule has 0 fully saturated rings. The second-order valence-corrected chi connectivity index (χ2v) is 4.20. The molecule has 18 heavy (non-hydrogen) atoms. The quantitative estimate of drug-likeness (QED) is 0.551. The van der Waals surface area contributed by atoms with Gasteiger partial charge in [0.25, 0.3) is 0 Å². The molecule has 0 spiro atoms. The van der Waals surface area contributed by atoms with E-state index < -0.39 is 0 Å². The third kappa shape index (κ3) is 3.98. The maximum Gasteiger partial charge on any atom is 0.118 e. The van der Waals surface area contributed by atoms with Crippen molar-refractivity contribution >= 4 is 0 Å². The number of hydrogen-bond acceptors (Lipinski definition) is 4. The SMILES string of the molecule is CCCC(OCC)C(NN)c1ccc(OC)cc1. The fourth-order valence-electron chi connectivity index (χ4n) is 2.07. The van der Waals surface area contributed by atoms with Crippen LogP contribution in [0.15, 0.2) is 24.3 Å². The number of ether oxygens (including phenoxy) is 2. The minimum absolute atomic E-state index is 0.0100. The average Bonchev–Trinajstić information content (AvgIpc) is 2.41. The molecular formula is C14H24N2O2. The Morgan fingerprint density at radius 1 is 1.22 bits per heavy atom. The third-order valence-corrected chi connectivity index (χ3v) is 2.98. The Morgan fingerprint density at radius 3 is 2.33 bits per heavy atom. The summed E-state index contributed by atoms with van der Waals surface area (Å²) in [4.78, 5) is 0. The van der Waals surface area contributed by atoms with Gasteiger partial charge in [-0.2, -0.15) is 0 Å². The first-order valence-electron chi connectivity index (χ1n) is 6.48. The van der Waals surface area contributed by atoms with Crippen molar-refractivity contribution < 1.29 is 9.47 Å². The number of hydrogen-bond donors (Lipinski definition) is 2. The van der Waals surface area contributed by atoms with Crippen LogP contribution in [0.5, 0.6) is 5.75 Å². The highest BCUT2D eigenvalue weighted by Gasteiger charge is 2.21. The van der Waals surface area contributed by atoms with Crippen molar-refractivity contribution in [2.75, 3.05) is 13.7 Å². The summed E-state index contributed by atoms with van der Waals surface area (Å²) >= 11 is 0. The maximum absolute atomic E-state index is 5.77. The van der Waals surface area contributed by atoms with Crippen LogP contribution in [0.25, 0.3) is 0 Å². The van der Waals surface area contributed by atoms with Crippen molar-refractivity contribution in [3.05, 3.63) is 29.8 Å². The molecule has 0 aliphatic heterocycles. The zero-order valence-corrected chi connectivity index (χ0v) is 11.5. The van der Waals surface area contributed by atoms with Gasteiger partial charge in [-0.05, 0) is 31.0 Å². The standard InChI is InChI=1S/C14H24N2O2/c1-4-6-13(18-5-2)14(16-15)11-7-9-12(17-3)10-8-11/h7-10,13-14,16H,4-6,15H2,1-3H3. The van der Waals surface area contributed by atoms with Gasteiger partial charge in [0, 0.05) is 6.61 Å². The summed E-state index contributed by atoms with van der Waals surface area (Å²) in [6, 6.07) is 7.93. The van der Waals surface area contributed by atoms with E-state index in [1.54, 1.807) is 7.11 Å². The first-order chi connectivity index (χ1) is 8.76. The van der Waals surface area contributed by atoms with Crippen LogP contribution in [0.1, 0.15) is 38.3 Å². The minimum Gasteiger partial charge on any atom is -0.497 e. The topological polar surface area (TPSA) is 56.5 Å². The molecule has 2 unspecified atom stereocenters. The van der Waals surface area contributed by atoms with E-state index in [1.165, 1.54) is 0 Å². The Balaban J connectivity index is 2.83. The molecule has 0 aromatic heterocycles. The second-order valence-electron chi connectivity index (χ2n) is 4.20. The lowest BCUT2D eigenvalue weighted by Gasteiger charge is -2.26. The molecule has 0 saturated carbocycles. The molecule has 4 nitrogen and oxygen atoms in total. The third-order valence-electron chi connectivity index (χ3n) is 2.98. The number of rotatable bonds is 8. The fourth-order valence-corrected chi connectivity index (χ4v) is 2.07. The number of nitrogens with one attached hydrogen (secondary N) is 1. The van der Waals surface area contributed by atoms with Gasteiger partial charge in [-0.3, -0.25) is 11.3 Å². The Labute approximate surface area is 109 Å². The van der Waals surface area contributed by atoms with Crippen molar-refractivity contribution in [1.29, 1.82) is 0 Å². The normalized spacial score (nSPS) is 14.2. The van der Waals surface area contributed by atoms with E-state index in [0.29, 0.717) is 6.61 Å². The summed E-state index contributed by atoms with van der Waals surface area (Å²) in [6.07, 6.45) is 2.15. The predicted octanol–water partition coefficient (Wildman–Crippen LogP) is 2.40. The van der Waals surface area contributed by atoms with Gasteiger partial charge in [-0.25, -0.2) is 0 Å². The molecular weight excluding hydrogens is 228 g/mol. The van der Waals surface area contributed by atoms with Gasteiger partial charge in [-0.1, -0.05) is 25.5 Å². The van der Waals surface area contributed by atoms with E-state index in [2.05, 4.69) is 12.3 Å². The van der Waals surface area contributed by atoms with Crippen LogP contribution in [-0.2, 0) is 4.74 Å². The molecule has 1 aromatic carbocycles. The van der Waals surface area contributed by atoms with Gasteiger partial charge >= 0.3 is 0 Å². The molecule has 0 heterocycles. The van der Waals surface area contributed by atoms with Gasteiger partial charge in [0.15, 0.2) is 0 Å². The summed E-state index contributed by atoms with van der Waals surface area (Å²) in [5.41, 5.74) is 3.98. The molecule has 0 bridgehead atoms. The molecule has 0 aliphatic rings. The van der Waals surface area contributed by atoms with E-state index in [0.717, 1.165) is 24.2 Å². The van der Waals surface area contributed by atoms with E-state index in [1.807, 2.05) is 31.2 Å². The van der Waals surface area contributed by atoms with E-state index >= 15 is 0 Å². The first-order valence-corrected chi connectivity index (χ1v) is 6.48. The lowest BCUT2D eigenvalue weighted by atomic mass is 9.98. The summed E-state index contributed by atoms with van der Waals surface area (Å²) in [5.74, 6) is 6.52. The van der Waals surface area contributed by atoms with E-state index in [4.69, 9.17) is 15.3 Å². The van der Waals surface area contributed by atoms with Gasteiger partial charge in [0.2, 0.25) is 0 Å². The molecule has 0 radical (unpaired) electrons. The van der Waals surface area contributed by atoms with Crippen LogP contribution in [0.4, 0.5) is 0 Å². The lowest BCUT2D eigenvalue weighted by Crippen LogP contribution is -2.38. The van der Waals surface area contributed by atoms with Gasteiger partial charge in [0.1, 0.15) is 5.75 Å². The number of hydrazine groups is 1.